The van der Waals surface area contributed by atoms with Crippen molar-refractivity contribution in [1.82, 2.24) is 15.6 Å². The second kappa shape index (κ2) is 8.91. The highest BCUT2D eigenvalue weighted by molar-refractivity contribution is 6.38. The van der Waals surface area contributed by atoms with Gasteiger partial charge in [-0.15, -0.1) is 0 Å². The molecule has 3 rings (SSSR count). The Balaban J connectivity index is 1.74. The van der Waals surface area contributed by atoms with E-state index in [4.69, 9.17) is 27.9 Å². The lowest BCUT2D eigenvalue weighted by Gasteiger charge is -2.04. The topological polar surface area (TPSA) is 79.4 Å². The largest absolute Gasteiger partial charge is 0.494 e. The number of benzene rings is 2. The standard InChI is InChI=1S/C20H18Cl2N4O2/c1-3-28-14-9-7-13(8-10-14)18-12(2)19(25-24-18)20(27)26-23-11-15-16(21)5-4-6-17(15)22/h4-11H,3H2,1-2H3,(H,24,25)(H,26,27). The highest BCUT2D eigenvalue weighted by Gasteiger charge is 2.16. The van der Waals surface area contributed by atoms with Crippen molar-refractivity contribution < 1.29 is 9.53 Å². The Morgan fingerprint density at radius 1 is 1.21 bits per heavy atom. The summed E-state index contributed by atoms with van der Waals surface area (Å²) in [5.74, 6) is 0.367. The molecule has 1 aromatic heterocycles. The molecule has 2 N–H and O–H groups in total. The van der Waals surface area contributed by atoms with Crippen molar-refractivity contribution in [2.24, 2.45) is 5.10 Å². The molecular weight excluding hydrogens is 399 g/mol. The molecule has 144 valence electrons. The molecule has 28 heavy (non-hydrogen) atoms. The van der Waals surface area contributed by atoms with Crippen molar-refractivity contribution in [2.45, 2.75) is 13.8 Å². The lowest BCUT2D eigenvalue weighted by atomic mass is 10.1. The van der Waals surface area contributed by atoms with Gasteiger partial charge in [-0.1, -0.05) is 29.3 Å². The third-order valence-electron chi connectivity index (χ3n) is 4.03. The zero-order chi connectivity index (χ0) is 20.1. The van der Waals surface area contributed by atoms with E-state index in [0.717, 1.165) is 11.3 Å². The number of aromatic amines is 1. The average molecular weight is 417 g/mol. The molecule has 3 aromatic rings. The molecule has 2 aromatic carbocycles. The molecule has 0 unspecified atom stereocenters. The van der Waals surface area contributed by atoms with Gasteiger partial charge in [0.25, 0.3) is 5.91 Å². The van der Waals surface area contributed by atoms with Crippen LogP contribution in [0.25, 0.3) is 11.3 Å². The van der Waals surface area contributed by atoms with Crippen molar-refractivity contribution in [2.75, 3.05) is 6.61 Å². The normalized spacial score (nSPS) is 11.0. The molecule has 6 nitrogen and oxygen atoms in total. The predicted octanol–water partition coefficient (Wildman–Crippen LogP) is 4.85. The molecule has 0 aliphatic rings. The second-order valence-corrected chi connectivity index (χ2v) is 6.68. The minimum absolute atomic E-state index is 0.325. The number of ether oxygens (including phenoxy) is 1. The number of hydrazone groups is 1. The van der Waals surface area contributed by atoms with E-state index in [0.29, 0.717) is 39.2 Å². The molecule has 0 saturated heterocycles. The van der Waals surface area contributed by atoms with E-state index in [1.807, 2.05) is 38.1 Å². The lowest BCUT2D eigenvalue weighted by Crippen LogP contribution is -2.19. The first-order chi connectivity index (χ1) is 13.5. The number of nitrogens with one attached hydrogen (secondary N) is 2. The number of nitrogens with zero attached hydrogens (tertiary/aromatic N) is 2. The quantitative estimate of drug-likeness (QED) is 0.444. The minimum Gasteiger partial charge on any atom is -0.494 e. The van der Waals surface area contributed by atoms with Gasteiger partial charge in [-0.25, -0.2) is 5.43 Å². The molecule has 1 heterocycles. The smallest absolute Gasteiger partial charge is 0.289 e. The van der Waals surface area contributed by atoms with Crippen LogP contribution in [0.3, 0.4) is 0 Å². The first kappa shape index (κ1) is 19.9. The summed E-state index contributed by atoms with van der Waals surface area (Å²) in [6, 6.07) is 12.6. The molecule has 1 amide bonds. The Hall–Kier alpha value is -2.83. The maximum Gasteiger partial charge on any atom is 0.289 e. The zero-order valence-electron chi connectivity index (χ0n) is 15.3. The van der Waals surface area contributed by atoms with Gasteiger partial charge in [0.15, 0.2) is 0 Å². The number of carbonyl (C=O) groups excluding carboxylic acids is 1. The second-order valence-electron chi connectivity index (χ2n) is 5.86. The summed E-state index contributed by atoms with van der Waals surface area (Å²) in [6.45, 7) is 4.35. The molecule has 0 fully saturated rings. The summed E-state index contributed by atoms with van der Waals surface area (Å²) in [4.78, 5) is 12.4. The number of amides is 1. The van der Waals surface area contributed by atoms with Crippen LogP contribution in [0.4, 0.5) is 0 Å². The summed E-state index contributed by atoms with van der Waals surface area (Å²) in [5, 5.41) is 11.8. The van der Waals surface area contributed by atoms with Crippen LogP contribution in [0.2, 0.25) is 10.0 Å². The van der Waals surface area contributed by atoms with Crippen LogP contribution >= 0.6 is 23.2 Å². The number of carbonyl (C=O) groups is 1. The molecule has 8 heteroatoms. The molecular formula is C20H18Cl2N4O2. The van der Waals surface area contributed by atoms with Crippen LogP contribution in [-0.2, 0) is 0 Å². The highest BCUT2D eigenvalue weighted by atomic mass is 35.5. The average Bonchev–Trinajstić information content (AvgIpc) is 3.06. The molecule has 0 aliphatic carbocycles. The fraction of sp³-hybridized carbons (Fsp3) is 0.150. The zero-order valence-corrected chi connectivity index (χ0v) is 16.8. The Morgan fingerprint density at radius 3 is 2.54 bits per heavy atom. The van der Waals surface area contributed by atoms with Gasteiger partial charge in [0.05, 0.1) is 28.6 Å². The third kappa shape index (κ3) is 4.35. The van der Waals surface area contributed by atoms with Gasteiger partial charge in [-0.3, -0.25) is 9.89 Å². The van der Waals surface area contributed by atoms with E-state index < -0.39 is 5.91 Å². The number of H-pyrrole nitrogens is 1. The van der Waals surface area contributed by atoms with Gasteiger partial charge in [0.2, 0.25) is 0 Å². The van der Waals surface area contributed by atoms with Gasteiger partial charge in [-0.05, 0) is 50.2 Å². The van der Waals surface area contributed by atoms with Crippen molar-refractivity contribution >= 4 is 35.3 Å². The Kier molecular flexibility index (Phi) is 6.34. The molecule has 0 bridgehead atoms. The van der Waals surface area contributed by atoms with Crippen molar-refractivity contribution in [3.63, 3.8) is 0 Å². The van der Waals surface area contributed by atoms with E-state index in [1.54, 1.807) is 18.2 Å². The van der Waals surface area contributed by atoms with Gasteiger partial charge in [0.1, 0.15) is 11.4 Å². The molecule has 0 spiro atoms. The van der Waals surface area contributed by atoms with Crippen LogP contribution in [0.5, 0.6) is 5.75 Å². The Labute approximate surface area is 172 Å². The van der Waals surface area contributed by atoms with Crippen molar-refractivity contribution in [3.05, 3.63) is 69.3 Å². The van der Waals surface area contributed by atoms with Gasteiger partial charge >= 0.3 is 0 Å². The maximum absolute atomic E-state index is 12.4. The van der Waals surface area contributed by atoms with Gasteiger partial charge < -0.3 is 4.74 Å². The molecule has 0 atom stereocenters. The summed E-state index contributed by atoms with van der Waals surface area (Å²) in [5.41, 5.74) is 5.59. The van der Waals surface area contributed by atoms with Crippen LogP contribution in [0.15, 0.2) is 47.6 Å². The summed E-state index contributed by atoms with van der Waals surface area (Å²) >= 11 is 12.2. The van der Waals surface area contributed by atoms with E-state index in [-0.39, 0.29) is 0 Å². The number of rotatable bonds is 6. The Bertz CT molecular complexity index is 993. The van der Waals surface area contributed by atoms with E-state index >= 15 is 0 Å². The van der Waals surface area contributed by atoms with Crippen LogP contribution in [0.1, 0.15) is 28.5 Å². The summed E-state index contributed by atoms with van der Waals surface area (Å²) in [7, 11) is 0. The molecule has 0 aliphatic heterocycles. The molecule has 0 saturated carbocycles. The number of hydrogen-bond acceptors (Lipinski definition) is 4. The number of hydrogen-bond donors (Lipinski definition) is 2. The molecule has 0 radical (unpaired) electrons. The van der Waals surface area contributed by atoms with Crippen LogP contribution < -0.4 is 10.2 Å². The summed E-state index contributed by atoms with van der Waals surface area (Å²) < 4.78 is 5.44. The first-order valence-corrected chi connectivity index (χ1v) is 9.32. The fourth-order valence-electron chi connectivity index (χ4n) is 2.62. The Morgan fingerprint density at radius 2 is 1.89 bits per heavy atom. The van der Waals surface area contributed by atoms with Gasteiger partial charge in [-0.2, -0.15) is 10.2 Å². The van der Waals surface area contributed by atoms with Crippen molar-refractivity contribution in [1.29, 1.82) is 0 Å². The number of aromatic nitrogens is 2. The van der Waals surface area contributed by atoms with E-state index in [1.165, 1.54) is 6.21 Å². The lowest BCUT2D eigenvalue weighted by molar-refractivity contribution is 0.0949. The highest BCUT2D eigenvalue weighted by Crippen LogP contribution is 2.25. The maximum atomic E-state index is 12.4. The van der Waals surface area contributed by atoms with E-state index in [2.05, 4.69) is 20.7 Å². The van der Waals surface area contributed by atoms with E-state index in [9.17, 15) is 4.79 Å². The monoisotopic (exact) mass is 416 g/mol. The van der Waals surface area contributed by atoms with Gasteiger partial charge in [0, 0.05) is 16.7 Å². The SMILES string of the molecule is CCOc1ccc(-c2n[nH]c(C(=O)NN=Cc3c(Cl)cccc3Cl)c2C)cc1. The van der Waals surface area contributed by atoms with Crippen molar-refractivity contribution in [3.8, 4) is 17.0 Å². The van der Waals surface area contributed by atoms with Crippen LogP contribution in [-0.4, -0.2) is 28.9 Å². The first-order valence-electron chi connectivity index (χ1n) is 8.57. The summed E-state index contributed by atoms with van der Waals surface area (Å²) in [6.07, 6.45) is 1.40. The minimum atomic E-state index is -0.415. The van der Waals surface area contributed by atoms with Crippen LogP contribution in [0, 0.1) is 6.92 Å². The fourth-order valence-corrected chi connectivity index (χ4v) is 3.12. The predicted molar refractivity (Wildman–Crippen MR) is 111 cm³/mol. The third-order valence-corrected chi connectivity index (χ3v) is 4.69. The number of halogens is 2.